The van der Waals surface area contributed by atoms with Gasteiger partial charge in [0.25, 0.3) is 0 Å². The number of pyridine rings is 2. The van der Waals surface area contributed by atoms with E-state index in [2.05, 4.69) is 9.97 Å². The molecule has 4 rings (SSSR count). The number of nitrogen functional groups attached to an aromatic ring is 1. The van der Waals surface area contributed by atoms with Crippen molar-refractivity contribution < 1.29 is 14.3 Å². The molecule has 0 radical (unpaired) electrons. The van der Waals surface area contributed by atoms with E-state index in [4.69, 9.17) is 39.1 Å². The number of thioether (sulfide) groups is 1. The Balaban J connectivity index is 1.49. The summed E-state index contributed by atoms with van der Waals surface area (Å²) in [4.78, 5) is 10.0. The van der Waals surface area contributed by atoms with Gasteiger partial charge in [-0.1, -0.05) is 23.2 Å². The van der Waals surface area contributed by atoms with E-state index in [1.54, 1.807) is 41.8 Å². The van der Waals surface area contributed by atoms with Gasteiger partial charge in [0, 0.05) is 66.4 Å². The molecule has 38 heavy (non-hydrogen) atoms. The van der Waals surface area contributed by atoms with Gasteiger partial charge in [0.1, 0.15) is 11.9 Å². The molecule has 1 aliphatic rings. The first-order valence-electron chi connectivity index (χ1n) is 11.8. The highest BCUT2D eigenvalue weighted by molar-refractivity contribution is 7.98. The third-order valence-electron chi connectivity index (χ3n) is 6.51. The first-order chi connectivity index (χ1) is 18.0. The summed E-state index contributed by atoms with van der Waals surface area (Å²) in [5.41, 5.74) is 7.27. The van der Waals surface area contributed by atoms with Crippen LogP contribution in [0.4, 0.5) is 15.9 Å². The van der Waals surface area contributed by atoms with Crippen LogP contribution in [0.25, 0.3) is 0 Å². The maximum absolute atomic E-state index is 15.1. The van der Waals surface area contributed by atoms with Crippen molar-refractivity contribution in [3.8, 4) is 5.75 Å². The molecular weight excluding hydrogens is 550 g/mol. The molecule has 1 saturated heterocycles. The van der Waals surface area contributed by atoms with Gasteiger partial charge in [0.2, 0.25) is 0 Å². The van der Waals surface area contributed by atoms with Crippen molar-refractivity contribution in [1.82, 2.24) is 15.0 Å². The van der Waals surface area contributed by atoms with Gasteiger partial charge in [-0.05, 0) is 44.4 Å². The minimum atomic E-state index is -0.551. The van der Waals surface area contributed by atoms with E-state index in [9.17, 15) is 5.21 Å². The molecule has 3 aromatic rings. The molecule has 0 saturated carbocycles. The Hall–Kier alpha value is -2.63. The average Bonchev–Trinajstić information content (AvgIpc) is 2.86. The predicted octanol–water partition coefficient (Wildman–Crippen LogP) is 5.69. The number of nitrogens with zero attached hydrogens (tertiary/aromatic N) is 4. The van der Waals surface area contributed by atoms with E-state index in [1.807, 2.05) is 13.2 Å². The molecule has 3 heterocycles. The number of benzene rings is 1. The molecule has 8 nitrogen and oxygen atoms in total. The van der Waals surface area contributed by atoms with Gasteiger partial charge in [0.05, 0.1) is 21.3 Å². The molecular formula is C26H29Cl2FN6O2S. The van der Waals surface area contributed by atoms with Crippen LogP contribution < -0.4 is 15.4 Å². The smallest absolute Gasteiger partial charge is 0.166 e. The average molecular weight is 580 g/mol. The van der Waals surface area contributed by atoms with Crippen LogP contribution in [0.1, 0.15) is 36.6 Å². The number of nitrogens with one attached hydrogen (secondary N) is 1. The van der Waals surface area contributed by atoms with Crippen LogP contribution in [0.15, 0.2) is 42.9 Å². The summed E-state index contributed by atoms with van der Waals surface area (Å²) in [5.74, 6) is 0.872. The van der Waals surface area contributed by atoms with E-state index in [0.29, 0.717) is 52.2 Å². The van der Waals surface area contributed by atoms with Crippen LogP contribution in [0.3, 0.4) is 0 Å². The molecule has 12 heteroatoms. The third kappa shape index (κ3) is 5.84. The van der Waals surface area contributed by atoms with Crippen LogP contribution in [-0.4, -0.2) is 63.1 Å². The van der Waals surface area contributed by atoms with E-state index in [1.165, 1.54) is 29.7 Å². The number of anilines is 2. The molecule has 1 aliphatic heterocycles. The lowest BCUT2D eigenvalue weighted by molar-refractivity contribution is -0.172. The summed E-state index contributed by atoms with van der Waals surface area (Å²) < 4.78 is 21.1. The quantitative estimate of drug-likeness (QED) is 0.160. The minimum absolute atomic E-state index is 0.00516. The Morgan fingerprint density at radius 2 is 1.97 bits per heavy atom. The molecule has 2 aromatic heterocycles. The molecule has 0 bridgehead atoms. The molecule has 0 spiro atoms. The highest BCUT2D eigenvalue weighted by Gasteiger charge is 2.44. The largest absolute Gasteiger partial charge is 0.486 e. The second-order valence-corrected chi connectivity index (χ2v) is 11.2. The topological polar surface area (TPSA) is 112 Å². The van der Waals surface area contributed by atoms with Crippen LogP contribution >= 0.6 is 35.0 Å². The summed E-state index contributed by atoms with van der Waals surface area (Å²) in [6, 6.07) is 6.20. The second-order valence-electron chi connectivity index (χ2n) is 9.40. The van der Waals surface area contributed by atoms with Crippen molar-refractivity contribution in [2.45, 2.75) is 25.5 Å². The van der Waals surface area contributed by atoms with Crippen LogP contribution in [0, 0.1) is 11.2 Å². The van der Waals surface area contributed by atoms with Gasteiger partial charge in [-0.15, -0.1) is 0 Å². The summed E-state index contributed by atoms with van der Waals surface area (Å²) >= 11 is 14.2. The van der Waals surface area contributed by atoms with Crippen molar-refractivity contribution in [3.63, 3.8) is 0 Å². The Labute approximate surface area is 235 Å². The van der Waals surface area contributed by atoms with E-state index >= 15 is 4.39 Å². The Morgan fingerprint density at radius 1 is 1.29 bits per heavy atom. The van der Waals surface area contributed by atoms with Gasteiger partial charge >= 0.3 is 0 Å². The Bertz CT molecular complexity index is 1320. The van der Waals surface area contributed by atoms with Crippen molar-refractivity contribution in [1.29, 1.82) is 5.41 Å². The van der Waals surface area contributed by atoms with E-state index in [-0.39, 0.29) is 17.1 Å². The zero-order valence-corrected chi connectivity index (χ0v) is 23.5. The van der Waals surface area contributed by atoms with E-state index in [0.717, 1.165) is 5.75 Å². The zero-order valence-electron chi connectivity index (χ0n) is 21.2. The van der Waals surface area contributed by atoms with Crippen LogP contribution in [-0.2, 0) is 0 Å². The molecule has 1 fully saturated rings. The SMILES string of the molecule is CSCCN(O)C1(C)CN(c2ncc(C(=N)c3cc(O[C@H](C)c4c(Cl)cncc4Cl)ccc3N)cc2F)C1. The zero-order chi connectivity index (χ0) is 27.6. The molecule has 1 atom stereocenters. The van der Waals surface area contributed by atoms with Gasteiger partial charge in [0.15, 0.2) is 11.6 Å². The summed E-state index contributed by atoms with van der Waals surface area (Å²) in [5, 5.41) is 21.1. The Kier molecular flexibility index (Phi) is 8.68. The summed E-state index contributed by atoms with van der Waals surface area (Å²) in [6.07, 6.45) is 5.91. The van der Waals surface area contributed by atoms with Crippen molar-refractivity contribution in [3.05, 3.63) is 75.4 Å². The lowest BCUT2D eigenvalue weighted by atomic mass is 9.91. The maximum atomic E-state index is 15.1. The highest BCUT2D eigenvalue weighted by Crippen LogP contribution is 2.34. The standard InChI is InChI=1S/C26H29Cl2FN6O2S/c1-15(23-19(27)11-32-12-20(23)28)37-17-4-5-22(30)18(9-17)24(31)16-8-21(29)25(33-10-16)34-13-26(2,14-34)35(36)6-7-38-3/h4-5,8-12,15,31,36H,6-7,13-14,30H2,1-3H3/t15-/m1/s1. The number of nitrogens with two attached hydrogens (primary N) is 1. The number of aromatic nitrogens is 2. The number of halogens is 3. The van der Waals surface area contributed by atoms with Crippen LogP contribution in [0.5, 0.6) is 5.75 Å². The molecule has 202 valence electrons. The predicted molar refractivity (Wildman–Crippen MR) is 152 cm³/mol. The monoisotopic (exact) mass is 578 g/mol. The number of rotatable bonds is 10. The number of hydrogen-bond acceptors (Lipinski definition) is 9. The molecule has 0 amide bonds. The highest BCUT2D eigenvalue weighted by atomic mass is 35.5. The summed E-state index contributed by atoms with van der Waals surface area (Å²) in [7, 11) is 0. The lowest BCUT2D eigenvalue weighted by Gasteiger charge is -2.52. The lowest BCUT2D eigenvalue weighted by Crippen LogP contribution is -2.68. The third-order valence-corrected chi connectivity index (χ3v) is 7.70. The first kappa shape index (κ1) is 28.4. The van der Waals surface area contributed by atoms with Gasteiger partial charge in [-0.3, -0.25) is 10.4 Å². The number of ether oxygens (including phenoxy) is 1. The van der Waals surface area contributed by atoms with Gasteiger partial charge in [-0.2, -0.15) is 16.8 Å². The number of hydroxylamine groups is 2. The van der Waals surface area contributed by atoms with Gasteiger partial charge < -0.3 is 20.6 Å². The van der Waals surface area contributed by atoms with Crippen molar-refractivity contribution >= 4 is 52.2 Å². The van der Waals surface area contributed by atoms with Crippen LogP contribution in [0.2, 0.25) is 10.0 Å². The van der Waals surface area contributed by atoms with Gasteiger partial charge in [-0.25, -0.2) is 9.37 Å². The van der Waals surface area contributed by atoms with Crippen molar-refractivity contribution in [2.75, 3.05) is 42.3 Å². The fourth-order valence-electron chi connectivity index (χ4n) is 4.39. The first-order valence-corrected chi connectivity index (χ1v) is 14.0. The second kappa shape index (κ2) is 11.6. The fraction of sp³-hybridized carbons (Fsp3) is 0.346. The van der Waals surface area contributed by atoms with E-state index < -0.39 is 17.5 Å². The molecule has 4 N–H and O–H groups in total. The Morgan fingerprint density at radius 3 is 2.61 bits per heavy atom. The normalized spacial score (nSPS) is 15.3. The molecule has 0 unspecified atom stereocenters. The fourth-order valence-corrected chi connectivity index (χ4v) is 5.42. The summed E-state index contributed by atoms with van der Waals surface area (Å²) in [6.45, 7) is 5.14. The molecule has 0 aliphatic carbocycles. The number of hydrogen-bond donors (Lipinski definition) is 3. The van der Waals surface area contributed by atoms with Crippen molar-refractivity contribution in [2.24, 2.45) is 0 Å². The maximum Gasteiger partial charge on any atom is 0.166 e. The molecule has 1 aromatic carbocycles. The minimum Gasteiger partial charge on any atom is -0.486 e.